The number of carboxylic acid groups (broad SMARTS) is 1. The molecule has 0 aliphatic heterocycles. The highest BCUT2D eigenvalue weighted by Crippen LogP contribution is 2.22. The van der Waals surface area contributed by atoms with E-state index in [9.17, 15) is 4.79 Å². The fourth-order valence-corrected chi connectivity index (χ4v) is 2.76. The predicted molar refractivity (Wildman–Crippen MR) is 83.7 cm³/mol. The summed E-state index contributed by atoms with van der Waals surface area (Å²) in [5.41, 5.74) is 2.53. The lowest BCUT2D eigenvalue weighted by atomic mass is 10.1. The summed E-state index contributed by atoms with van der Waals surface area (Å²) in [6.45, 7) is 0.864. The van der Waals surface area contributed by atoms with Gasteiger partial charge in [-0.05, 0) is 49.9 Å². The largest absolute Gasteiger partial charge is 0.478 e. The number of nitrogens with one attached hydrogen (secondary N) is 1. The van der Waals surface area contributed by atoms with Gasteiger partial charge in [0.25, 0.3) is 0 Å². The fraction of sp³-hybridized carbons (Fsp3) is 0.294. The van der Waals surface area contributed by atoms with Gasteiger partial charge < -0.3 is 10.4 Å². The lowest BCUT2D eigenvalue weighted by molar-refractivity contribution is 0.0699. The van der Waals surface area contributed by atoms with Crippen LogP contribution in [0.3, 0.4) is 0 Å². The normalized spacial score (nSPS) is 14.2. The van der Waals surface area contributed by atoms with Gasteiger partial charge in [-0.15, -0.1) is 0 Å². The molecule has 1 aromatic heterocycles. The molecule has 108 valence electrons. The van der Waals surface area contributed by atoms with Crippen molar-refractivity contribution in [2.75, 3.05) is 11.9 Å². The SMILES string of the molecule is O=C(O)c1cccc2nc(NCCC3=CCCC3)ccc12. The molecule has 0 bridgehead atoms. The zero-order chi connectivity index (χ0) is 14.7. The summed E-state index contributed by atoms with van der Waals surface area (Å²) in [5.74, 6) is -0.125. The van der Waals surface area contributed by atoms with Crippen LogP contribution in [-0.4, -0.2) is 22.6 Å². The number of carboxylic acids is 1. The Labute approximate surface area is 123 Å². The molecule has 1 aliphatic rings. The van der Waals surface area contributed by atoms with E-state index in [2.05, 4.69) is 16.4 Å². The molecule has 0 amide bonds. The number of hydrogen-bond donors (Lipinski definition) is 2. The van der Waals surface area contributed by atoms with Crippen LogP contribution >= 0.6 is 0 Å². The van der Waals surface area contributed by atoms with Gasteiger partial charge in [0, 0.05) is 11.9 Å². The molecule has 2 aromatic rings. The molecule has 2 N–H and O–H groups in total. The Balaban J connectivity index is 1.73. The first-order valence-corrected chi connectivity index (χ1v) is 7.29. The van der Waals surface area contributed by atoms with E-state index in [4.69, 9.17) is 5.11 Å². The molecule has 1 heterocycles. The maximum absolute atomic E-state index is 11.2. The minimum atomic E-state index is -0.920. The highest BCUT2D eigenvalue weighted by Gasteiger charge is 2.09. The molecule has 0 saturated heterocycles. The van der Waals surface area contributed by atoms with Crippen LogP contribution in [0.15, 0.2) is 42.0 Å². The average molecular weight is 282 g/mol. The zero-order valence-corrected chi connectivity index (χ0v) is 11.8. The van der Waals surface area contributed by atoms with Crippen molar-refractivity contribution >= 4 is 22.7 Å². The minimum absolute atomic E-state index is 0.294. The van der Waals surface area contributed by atoms with Crippen LogP contribution in [0, 0.1) is 0 Å². The van der Waals surface area contributed by atoms with Crippen LogP contribution in [0.25, 0.3) is 10.9 Å². The Morgan fingerprint density at radius 1 is 1.29 bits per heavy atom. The third-order valence-corrected chi connectivity index (χ3v) is 3.85. The summed E-state index contributed by atoms with van der Waals surface area (Å²) in [7, 11) is 0. The maximum Gasteiger partial charge on any atom is 0.336 e. The number of aromatic nitrogens is 1. The van der Waals surface area contributed by atoms with Crippen LogP contribution in [0.2, 0.25) is 0 Å². The second kappa shape index (κ2) is 5.95. The van der Waals surface area contributed by atoms with Crippen molar-refractivity contribution in [1.82, 2.24) is 4.98 Å². The highest BCUT2D eigenvalue weighted by molar-refractivity contribution is 6.02. The Morgan fingerprint density at radius 2 is 2.19 bits per heavy atom. The number of fused-ring (bicyclic) bond motifs is 1. The monoisotopic (exact) mass is 282 g/mol. The second-order valence-corrected chi connectivity index (χ2v) is 5.31. The first-order valence-electron chi connectivity index (χ1n) is 7.29. The van der Waals surface area contributed by atoms with E-state index >= 15 is 0 Å². The molecule has 4 nitrogen and oxygen atoms in total. The molecule has 0 atom stereocenters. The zero-order valence-electron chi connectivity index (χ0n) is 11.8. The number of rotatable bonds is 5. The first-order chi connectivity index (χ1) is 10.2. The number of aromatic carboxylic acids is 1. The molecular weight excluding hydrogens is 264 g/mol. The van der Waals surface area contributed by atoms with Crippen LogP contribution in [0.1, 0.15) is 36.0 Å². The van der Waals surface area contributed by atoms with Gasteiger partial charge in [0.05, 0.1) is 11.1 Å². The summed E-state index contributed by atoms with van der Waals surface area (Å²) < 4.78 is 0. The Morgan fingerprint density at radius 3 is 2.95 bits per heavy atom. The van der Waals surface area contributed by atoms with Crippen LogP contribution in [-0.2, 0) is 0 Å². The predicted octanol–water partition coefficient (Wildman–Crippen LogP) is 3.85. The molecule has 3 rings (SSSR count). The van der Waals surface area contributed by atoms with Gasteiger partial charge in [0.1, 0.15) is 5.82 Å². The fourth-order valence-electron chi connectivity index (χ4n) is 2.76. The molecule has 21 heavy (non-hydrogen) atoms. The summed E-state index contributed by atoms with van der Waals surface area (Å²) in [4.78, 5) is 15.7. The van der Waals surface area contributed by atoms with Gasteiger partial charge in [-0.2, -0.15) is 0 Å². The lowest BCUT2D eigenvalue weighted by Gasteiger charge is -2.08. The lowest BCUT2D eigenvalue weighted by Crippen LogP contribution is -2.04. The standard InChI is InChI=1S/C17H18N2O2/c20-17(21)14-6-3-7-15-13(14)8-9-16(19-15)18-11-10-12-4-1-2-5-12/h3-4,6-9H,1-2,5,10-11H2,(H,18,19)(H,20,21). The highest BCUT2D eigenvalue weighted by atomic mass is 16.4. The van der Waals surface area contributed by atoms with E-state index in [1.165, 1.54) is 24.8 Å². The van der Waals surface area contributed by atoms with Crippen LogP contribution in [0.4, 0.5) is 5.82 Å². The van der Waals surface area contributed by atoms with E-state index in [1.807, 2.05) is 18.2 Å². The number of hydrogen-bond acceptors (Lipinski definition) is 3. The summed E-state index contributed by atoms with van der Waals surface area (Å²) in [6.07, 6.45) is 7.08. The number of carbonyl (C=O) groups is 1. The molecule has 0 radical (unpaired) electrons. The number of anilines is 1. The van der Waals surface area contributed by atoms with Gasteiger partial charge in [0.15, 0.2) is 0 Å². The van der Waals surface area contributed by atoms with Crippen molar-refractivity contribution in [3.63, 3.8) is 0 Å². The van der Waals surface area contributed by atoms with E-state index < -0.39 is 5.97 Å². The maximum atomic E-state index is 11.2. The molecule has 1 aliphatic carbocycles. The topological polar surface area (TPSA) is 62.2 Å². The molecule has 0 fully saturated rings. The average Bonchev–Trinajstić information content (AvgIpc) is 2.99. The van der Waals surface area contributed by atoms with E-state index in [1.54, 1.807) is 12.1 Å². The van der Waals surface area contributed by atoms with E-state index in [-0.39, 0.29) is 0 Å². The van der Waals surface area contributed by atoms with Crippen molar-refractivity contribution in [2.24, 2.45) is 0 Å². The Hall–Kier alpha value is -2.36. The van der Waals surface area contributed by atoms with Crippen molar-refractivity contribution in [3.8, 4) is 0 Å². The first kappa shape index (κ1) is 13.6. The van der Waals surface area contributed by atoms with Gasteiger partial charge in [-0.25, -0.2) is 9.78 Å². The van der Waals surface area contributed by atoms with Crippen LogP contribution < -0.4 is 5.32 Å². The minimum Gasteiger partial charge on any atom is -0.478 e. The van der Waals surface area contributed by atoms with E-state index in [0.717, 1.165) is 18.8 Å². The molecule has 0 saturated carbocycles. The smallest absolute Gasteiger partial charge is 0.336 e. The van der Waals surface area contributed by atoms with Gasteiger partial charge in [-0.1, -0.05) is 17.7 Å². The third kappa shape index (κ3) is 3.05. The van der Waals surface area contributed by atoms with E-state index in [0.29, 0.717) is 16.5 Å². The third-order valence-electron chi connectivity index (χ3n) is 3.85. The molecule has 4 heteroatoms. The number of allylic oxidation sites excluding steroid dienone is 1. The van der Waals surface area contributed by atoms with Crippen molar-refractivity contribution in [1.29, 1.82) is 0 Å². The summed E-state index contributed by atoms with van der Waals surface area (Å²) in [6, 6.07) is 8.84. The van der Waals surface area contributed by atoms with Gasteiger partial charge in [-0.3, -0.25) is 0 Å². The van der Waals surface area contributed by atoms with Crippen molar-refractivity contribution in [2.45, 2.75) is 25.7 Å². The number of pyridine rings is 1. The van der Waals surface area contributed by atoms with Crippen molar-refractivity contribution in [3.05, 3.63) is 47.5 Å². The second-order valence-electron chi connectivity index (χ2n) is 5.31. The molecule has 0 unspecified atom stereocenters. The molecular formula is C17H18N2O2. The Kier molecular flexibility index (Phi) is 3.86. The van der Waals surface area contributed by atoms with Gasteiger partial charge >= 0.3 is 5.97 Å². The summed E-state index contributed by atoms with van der Waals surface area (Å²) in [5, 5.41) is 13.2. The number of nitrogens with zero attached hydrogens (tertiary/aromatic N) is 1. The summed E-state index contributed by atoms with van der Waals surface area (Å²) >= 11 is 0. The number of benzene rings is 1. The van der Waals surface area contributed by atoms with Gasteiger partial charge in [0.2, 0.25) is 0 Å². The Bertz CT molecular complexity index is 707. The van der Waals surface area contributed by atoms with Crippen LogP contribution in [0.5, 0.6) is 0 Å². The quantitative estimate of drug-likeness (QED) is 0.818. The molecule has 1 aromatic carbocycles. The molecule has 0 spiro atoms. The van der Waals surface area contributed by atoms with Crippen molar-refractivity contribution < 1.29 is 9.90 Å².